The van der Waals surface area contributed by atoms with E-state index in [9.17, 15) is 13.2 Å². The van der Waals surface area contributed by atoms with Crippen molar-refractivity contribution in [2.75, 3.05) is 45.3 Å². The molecule has 1 fully saturated rings. The molecular weight excluding hydrogens is 455 g/mol. The standard InChI is InChI=1S/C19H20Cl2N2O6S/c1-27-18-5-3-14(30(25,26)23-6-8-28-9-7-23)11-17(18)22-19(24)12-29-13-2-4-15(20)16(21)10-13/h2-5,10-11H,6-9,12H2,1H3,(H,22,24). The van der Waals surface area contributed by atoms with Crippen molar-refractivity contribution in [1.82, 2.24) is 4.31 Å². The number of ether oxygens (including phenoxy) is 3. The highest BCUT2D eigenvalue weighted by atomic mass is 35.5. The molecule has 0 unspecified atom stereocenters. The zero-order valence-corrected chi connectivity index (χ0v) is 18.4. The number of halogens is 2. The highest BCUT2D eigenvalue weighted by Gasteiger charge is 2.27. The monoisotopic (exact) mass is 474 g/mol. The van der Waals surface area contributed by atoms with Crippen LogP contribution in [0.1, 0.15) is 0 Å². The van der Waals surface area contributed by atoms with Crippen LogP contribution in [0.3, 0.4) is 0 Å². The van der Waals surface area contributed by atoms with E-state index in [-0.39, 0.29) is 30.3 Å². The zero-order valence-electron chi connectivity index (χ0n) is 16.1. The summed E-state index contributed by atoms with van der Waals surface area (Å²) in [7, 11) is -2.30. The molecule has 1 saturated heterocycles. The summed E-state index contributed by atoms with van der Waals surface area (Å²) in [5.41, 5.74) is 0.217. The van der Waals surface area contributed by atoms with Crippen LogP contribution in [0, 0.1) is 0 Å². The van der Waals surface area contributed by atoms with E-state index in [2.05, 4.69) is 5.32 Å². The van der Waals surface area contributed by atoms with Crippen molar-refractivity contribution in [2.24, 2.45) is 0 Å². The third kappa shape index (κ3) is 5.35. The van der Waals surface area contributed by atoms with Gasteiger partial charge in [-0.2, -0.15) is 4.31 Å². The Kier molecular flexibility index (Phi) is 7.43. The normalized spacial score (nSPS) is 14.9. The first-order valence-electron chi connectivity index (χ1n) is 8.95. The summed E-state index contributed by atoms with van der Waals surface area (Å²) >= 11 is 11.8. The number of rotatable bonds is 7. The summed E-state index contributed by atoms with van der Waals surface area (Å²) in [5, 5.41) is 3.29. The molecule has 2 aromatic carbocycles. The third-order valence-corrected chi connectivity index (χ3v) is 6.95. The Balaban J connectivity index is 1.73. The van der Waals surface area contributed by atoms with Gasteiger partial charge in [0.25, 0.3) is 5.91 Å². The van der Waals surface area contributed by atoms with Crippen molar-refractivity contribution < 1.29 is 27.4 Å². The Hall–Kier alpha value is -2.04. The van der Waals surface area contributed by atoms with Crippen LogP contribution in [0.5, 0.6) is 11.5 Å². The maximum atomic E-state index is 12.9. The molecule has 1 aliphatic heterocycles. The zero-order chi connectivity index (χ0) is 21.7. The van der Waals surface area contributed by atoms with E-state index < -0.39 is 15.9 Å². The molecule has 0 saturated carbocycles. The topological polar surface area (TPSA) is 94.2 Å². The number of nitrogens with one attached hydrogen (secondary N) is 1. The number of hydrogen-bond donors (Lipinski definition) is 1. The molecule has 0 atom stereocenters. The van der Waals surface area contributed by atoms with Gasteiger partial charge in [-0.1, -0.05) is 23.2 Å². The maximum absolute atomic E-state index is 12.9. The largest absolute Gasteiger partial charge is 0.495 e. The lowest BCUT2D eigenvalue weighted by Gasteiger charge is -2.26. The molecular formula is C19H20Cl2N2O6S. The lowest BCUT2D eigenvalue weighted by molar-refractivity contribution is -0.118. The van der Waals surface area contributed by atoms with E-state index in [1.165, 1.54) is 35.7 Å². The Morgan fingerprint density at radius 1 is 1.13 bits per heavy atom. The highest BCUT2D eigenvalue weighted by molar-refractivity contribution is 7.89. The van der Waals surface area contributed by atoms with Crippen LogP contribution in [0.4, 0.5) is 5.69 Å². The second kappa shape index (κ2) is 9.84. The Labute approximate surface area is 184 Å². The molecule has 0 aliphatic carbocycles. The molecule has 0 radical (unpaired) electrons. The van der Waals surface area contributed by atoms with Gasteiger partial charge in [-0.25, -0.2) is 8.42 Å². The number of amides is 1. The molecule has 11 heteroatoms. The van der Waals surface area contributed by atoms with Crippen molar-refractivity contribution in [1.29, 1.82) is 0 Å². The Morgan fingerprint density at radius 2 is 1.87 bits per heavy atom. The summed E-state index contributed by atoms with van der Waals surface area (Å²) in [6.45, 7) is 0.902. The van der Waals surface area contributed by atoms with E-state index >= 15 is 0 Å². The van der Waals surface area contributed by atoms with Gasteiger partial charge in [-0.15, -0.1) is 0 Å². The molecule has 1 amide bonds. The van der Waals surface area contributed by atoms with E-state index in [4.69, 9.17) is 37.4 Å². The minimum Gasteiger partial charge on any atom is -0.495 e. The Morgan fingerprint density at radius 3 is 2.53 bits per heavy atom. The molecule has 30 heavy (non-hydrogen) atoms. The number of sulfonamides is 1. The van der Waals surface area contributed by atoms with Gasteiger partial charge in [0.1, 0.15) is 11.5 Å². The van der Waals surface area contributed by atoms with Crippen LogP contribution in [-0.2, 0) is 19.6 Å². The summed E-state index contributed by atoms with van der Waals surface area (Å²) in [6.07, 6.45) is 0. The van der Waals surface area contributed by atoms with Crippen LogP contribution in [0.15, 0.2) is 41.3 Å². The van der Waals surface area contributed by atoms with Crippen LogP contribution >= 0.6 is 23.2 Å². The van der Waals surface area contributed by atoms with Gasteiger partial charge in [0.15, 0.2) is 6.61 Å². The van der Waals surface area contributed by atoms with Crippen molar-refractivity contribution in [2.45, 2.75) is 4.90 Å². The minimum atomic E-state index is -3.72. The summed E-state index contributed by atoms with van der Waals surface area (Å²) in [6, 6.07) is 8.92. The average Bonchev–Trinajstić information content (AvgIpc) is 2.75. The summed E-state index contributed by atoms with van der Waals surface area (Å²) in [4.78, 5) is 12.4. The molecule has 0 bridgehead atoms. The van der Waals surface area contributed by atoms with Crippen molar-refractivity contribution in [3.8, 4) is 11.5 Å². The smallest absolute Gasteiger partial charge is 0.262 e. The van der Waals surface area contributed by atoms with Crippen LogP contribution < -0.4 is 14.8 Å². The number of anilines is 1. The lowest BCUT2D eigenvalue weighted by Crippen LogP contribution is -2.40. The molecule has 1 heterocycles. The Bertz CT molecular complexity index is 1030. The minimum absolute atomic E-state index is 0.0471. The fourth-order valence-corrected chi connectivity index (χ4v) is 4.51. The number of carbonyl (C=O) groups excluding carboxylic acids is 1. The predicted molar refractivity (Wildman–Crippen MR) is 113 cm³/mol. The second-order valence-electron chi connectivity index (χ2n) is 6.29. The highest BCUT2D eigenvalue weighted by Crippen LogP contribution is 2.30. The first-order valence-corrected chi connectivity index (χ1v) is 11.1. The molecule has 2 aromatic rings. The molecule has 1 aliphatic rings. The number of nitrogens with zero attached hydrogens (tertiary/aromatic N) is 1. The fourth-order valence-electron chi connectivity index (χ4n) is 2.78. The van der Waals surface area contributed by atoms with Crippen molar-refractivity contribution in [3.05, 3.63) is 46.4 Å². The number of benzene rings is 2. The molecule has 162 valence electrons. The summed E-state index contributed by atoms with van der Waals surface area (Å²) in [5.74, 6) is 0.189. The van der Waals surface area contributed by atoms with E-state index in [1.807, 2.05) is 0 Å². The summed E-state index contributed by atoms with van der Waals surface area (Å²) < 4.78 is 42.9. The number of hydrogen-bond acceptors (Lipinski definition) is 6. The van der Waals surface area contributed by atoms with Crippen molar-refractivity contribution >= 4 is 44.8 Å². The second-order valence-corrected chi connectivity index (χ2v) is 9.04. The number of carbonyl (C=O) groups is 1. The van der Waals surface area contributed by atoms with E-state index in [0.717, 1.165) is 0 Å². The van der Waals surface area contributed by atoms with Gasteiger partial charge in [0, 0.05) is 19.2 Å². The molecule has 3 rings (SSSR count). The van der Waals surface area contributed by atoms with Crippen LogP contribution in [-0.4, -0.2) is 58.7 Å². The predicted octanol–water partition coefficient (Wildman–Crippen LogP) is 3.04. The van der Waals surface area contributed by atoms with Gasteiger partial charge in [0.05, 0.1) is 41.0 Å². The molecule has 8 nitrogen and oxygen atoms in total. The van der Waals surface area contributed by atoms with E-state index in [1.54, 1.807) is 12.1 Å². The van der Waals surface area contributed by atoms with Crippen LogP contribution in [0.25, 0.3) is 0 Å². The van der Waals surface area contributed by atoms with Crippen LogP contribution in [0.2, 0.25) is 10.0 Å². The van der Waals surface area contributed by atoms with Crippen molar-refractivity contribution in [3.63, 3.8) is 0 Å². The molecule has 1 N–H and O–H groups in total. The first-order chi connectivity index (χ1) is 14.3. The number of morpholine rings is 1. The van der Waals surface area contributed by atoms with Gasteiger partial charge >= 0.3 is 0 Å². The lowest BCUT2D eigenvalue weighted by atomic mass is 10.3. The van der Waals surface area contributed by atoms with Gasteiger partial charge in [-0.3, -0.25) is 4.79 Å². The molecule has 0 spiro atoms. The molecule has 0 aromatic heterocycles. The van der Waals surface area contributed by atoms with Gasteiger partial charge in [-0.05, 0) is 30.3 Å². The van der Waals surface area contributed by atoms with Gasteiger partial charge < -0.3 is 19.5 Å². The average molecular weight is 475 g/mol. The SMILES string of the molecule is COc1ccc(S(=O)(=O)N2CCOCC2)cc1NC(=O)COc1ccc(Cl)c(Cl)c1. The van der Waals surface area contributed by atoms with E-state index in [0.29, 0.717) is 34.8 Å². The quantitative estimate of drug-likeness (QED) is 0.662. The maximum Gasteiger partial charge on any atom is 0.262 e. The third-order valence-electron chi connectivity index (χ3n) is 4.31. The fraction of sp³-hybridized carbons (Fsp3) is 0.316. The number of methoxy groups -OCH3 is 1. The first kappa shape index (κ1) is 22.6. The van der Waals surface area contributed by atoms with Gasteiger partial charge in [0.2, 0.25) is 10.0 Å².